The Bertz CT molecular complexity index is 1070. The van der Waals surface area contributed by atoms with E-state index in [1.807, 2.05) is 50.6 Å². The number of nitrogens with zero attached hydrogens (tertiary/aromatic N) is 2. The van der Waals surface area contributed by atoms with Crippen LogP contribution in [0.25, 0.3) is 22.6 Å². The minimum atomic E-state index is -0.572. The number of nitrogens with one attached hydrogen (secondary N) is 2. The second kappa shape index (κ2) is 7.32. The molecule has 1 aromatic carbocycles. The number of fused-ring (bicyclic) bond motifs is 1. The summed E-state index contributed by atoms with van der Waals surface area (Å²) in [7, 11) is 7.68. The molecule has 0 aliphatic heterocycles. The van der Waals surface area contributed by atoms with Crippen LogP contribution in [-0.2, 0) is 7.05 Å². The van der Waals surface area contributed by atoms with Crippen molar-refractivity contribution >= 4 is 36.0 Å². The molecule has 2 aromatic heterocycles. The fourth-order valence-corrected chi connectivity index (χ4v) is 3.39. The van der Waals surface area contributed by atoms with Crippen molar-refractivity contribution in [1.82, 2.24) is 14.5 Å². The molecule has 3 aromatic rings. The molecule has 2 N–H and O–H groups in total. The Morgan fingerprint density at radius 2 is 1.93 bits per heavy atom. The van der Waals surface area contributed by atoms with Crippen LogP contribution in [0.4, 0.5) is 5.69 Å². The van der Waals surface area contributed by atoms with Gasteiger partial charge in [0.05, 0.1) is 0 Å². The number of hydrogen-bond donors (Lipinski definition) is 2. The summed E-state index contributed by atoms with van der Waals surface area (Å²) >= 11 is 0. The van der Waals surface area contributed by atoms with Crippen LogP contribution in [0.2, 0.25) is 0 Å². The van der Waals surface area contributed by atoms with E-state index >= 15 is 0 Å². The molecular formula is C23H30BN4O. The monoisotopic (exact) mass is 389 g/mol. The maximum absolute atomic E-state index is 13.1. The van der Waals surface area contributed by atoms with E-state index in [2.05, 4.69) is 43.3 Å². The van der Waals surface area contributed by atoms with Gasteiger partial charge in [-0.2, -0.15) is 0 Å². The molecule has 151 valence electrons. The van der Waals surface area contributed by atoms with Crippen molar-refractivity contribution in [3.05, 3.63) is 36.0 Å². The number of carbonyl (C=O) groups excluding carboxylic acids is 1. The number of ketones is 1. The first kappa shape index (κ1) is 21.1. The Balaban J connectivity index is 1.96. The number of aromatic amines is 1. The molecule has 5 nitrogen and oxygen atoms in total. The summed E-state index contributed by atoms with van der Waals surface area (Å²) in [5.74, 6) is 2.40. The van der Waals surface area contributed by atoms with Gasteiger partial charge in [0.15, 0.2) is 0 Å². The second-order valence-electron chi connectivity index (χ2n) is 9.45. The predicted octanol–water partition coefficient (Wildman–Crippen LogP) is 4.59. The molecule has 0 aliphatic carbocycles. The van der Waals surface area contributed by atoms with Gasteiger partial charge in [-0.15, -0.1) is 0 Å². The third-order valence-corrected chi connectivity index (χ3v) is 5.52. The molecule has 29 heavy (non-hydrogen) atoms. The zero-order valence-corrected chi connectivity index (χ0v) is 18.4. The summed E-state index contributed by atoms with van der Waals surface area (Å²) < 4.78 is 2.04. The number of aromatic nitrogens is 3. The number of carbonyl (C=O) groups is 1. The average Bonchev–Trinajstić information content (AvgIpc) is 3.20. The van der Waals surface area contributed by atoms with Crippen LogP contribution in [0.1, 0.15) is 51.9 Å². The number of aryl methyl sites for hydroxylation is 1. The van der Waals surface area contributed by atoms with Crippen molar-refractivity contribution in [1.29, 1.82) is 0 Å². The molecule has 2 heterocycles. The van der Waals surface area contributed by atoms with Gasteiger partial charge < -0.3 is 5.32 Å². The van der Waals surface area contributed by atoms with E-state index < -0.39 is 5.41 Å². The van der Waals surface area contributed by atoms with E-state index in [0.29, 0.717) is 5.56 Å². The quantitative estimate of drug-likeness (QED) is 0.479. The fraction of sp³-hybridized carbons (Fsp3) is 0.435. The average molecular weight is 389 g/mol. The van der Waals surface area contributed by atoms with Gasteiger partial charge in [-0.1, -0.05) is 0 Å². The van der Waals surface area contributed by atoms with E-state index in [9.17, 15) is 4.79 Å². The van der Waals surface area contributed by atoms with E-state index in [0.717, 1.165) is 28.2 Å². The summed E-state index contributed by atoms with van der Waals surface area (Å²) in [4.78, 5) is 21.2. The van der Waals surface area contributed by atoms with Gasteiger partial charge in [-0.25, -0.2) is 0 Å². The third kappa shape index (κ3) is 4.21. The van der Waals surface area contributed by atoms with Crippen LogP contribution in [0.5, 0.6) is 0 Å². The zero-order valence-electron chi connectivity index (χ0n) is 18.4. The van der Waals surface area contributed by atoms with Gasteiger partial charge in [0.2, 0.25) is 0 Å². The third-order valence-electron chi connectivity index (χ3n) is 5.52. The summed E-state index contributed by atoms with van der Waals surface area (Å²) in [5.41, 5.74) is 3.77. The number of benzene rings is 1. The molecule has 0 aliphatic rings. The van der Waals surface area contributed by atoms with Crippen molar-refractivity contribution in [2.75, 3.05) is 5.32 Å². The first-order valence-electron chi connectivity index (χ1n) is 9.97. The van der Waals surface area contributed by atoms with E-state index in [1.54, 1.807) is 5.97 Å². The van der Waals surface area contributed by atoms with Crippen LogP contribution in [0.3, 0.4) is 0 Å². The van der Waals surface area contributed by atoms with Gasteiger partial charge in [-0.05, 0) is 20.8 Å². The SMILES string of the molecule is [B]=CC(C)C(C)(C)C(=O)c1ccc2nc(-c3cc(NC(C)(C)C)cn3C)[nH]c2c1. The molecule has 1 atom stereocenters. The molecule has 0 saturated carbocycles. The van der Waals surface area contributed by atoms with Crippen LogP contribution >= 0.6 is 0 Å². The number of H-pyrrole nitrogens is 1. The van der Waals surface area contributed by atoms with Crippen LogP contribution in [-0.4, -0.2) is 39.3 Å². The number of rotatable bonds is 6. The van der Waals surface area contributed by atoms with Gasteiger partial charge in [0.25, 0.3) is 0 Å². The van der Waals surface area contributed by atoms with Crippen LogP contribution in [0, 0.1) is 11.3 Å². The molecule has 1 radical (unpaired) electrons. The fourth-order valence-electron chi connectivity index (χ4n) is 3.39. The van der Waals surface area contributed by atoms with Gasteiger partial charge in [0, 0.05) is 5.54 Å². The van der Waals surface area contributed by atoms with Gasteiger partial charge in [-0.3, -0.25) is 0 Å². The van der Waals surface area contributed by atoms with Crippen molar-refractivity contribution in [2.45, 2.75) is 47.1 Å². The van der Waals surface area contributed by atoms with Gasteiger partial charge in [0.1, 0.15) is 0 Å². The Morgan fingerprint density at radius 1 is 1.24 bits per heavy atom. The van der Waals surface area contributed by atoms with E-state index in [4.69, 9.17) is 12.5 Å². The normalized spacial score (nSPS) is 13.4. The van der Waals surface area contributed by atoms with E-state index in [1.165, 1.54) is 0 Å². The Morgan fingerprint density at radius 3 is 2.55 bits per heavy atom. The Labute approximate surface area is 174 Å². The zero-order chi connectivity index (χ0) is 21.6. The van der Waals surface area contributed by atoms with Crippen molar-refractivity contribution < 1.29 is 4.79 Å². The number of imidazole rings is 1. The molecule has 3 rings (SSSR count). The Hall–Kier alpha value is -2.63. The maximum atomic E-state index is 13.1. The summed E-state index contributed by atoms with van der Waals surface area (Å²) in [5, 5.41) is 3.48. The molecule has 6 heteroatoms. The molecule has 1 unspecified atom stereocenters. The minimum absolute atomic E-state index is 0.0212. The summed E-state index contributed by atoms with van der Waals surface area (Å²) in [6.07, 6.45) is 2.05. The molecule has 0 fully saturated rings. The van der Waals surface area contributed by atoms with Crippen LogP contribution in [0.15, 0.2) is 30.5 Å². The summed E-state index contributed by atoms with van der Waals surface area (Å²) in [6.45, 7) is 12.2. The van der Waals surface area contributed by atoms with E-state index in [-0.39, 0.29) is 17.2 Å². The molecule has 0 spiro atoms. The topological polar surface area (TPSA) is 62.7 Å². The number of anilines is 1. The molecule has 0 amide bonds. The predicted molar refractivity (Wildman–Crippen MR) is 123 cm³/mol. The first-order valence-corrected chi connectivity index (χ1v) is 9.97. The molecule has 0 saturated heterocycles. The molecule has 0 bridgehead atoms. The number of Topliss-reactive ketones (excluding diaryl/α,β-unsaturated/α-hetero) is 1. The van der Waals surface area contributed by atoms with Crippen molar-refractivity contribution in [3.63, 3.8) is 0 Å². The molecular weight excluding hydrogens is 359 g/mol. The first-order chi connectivity index (χ1) is 13.4. The standard InChI is InChI=1S/C23H30BN4O/c1-14(12-24)23(5,6)20(29)15-8-9-17-18(10-15)26-21(25-17)19-11-16(13-28(19)7)27-22(2,3)4/h8-14,27H,1-7H3,(H,25,26). The van der Waals surface area contributed by atoms with Crippen molar-refractivity contribution in [2.24, 2.45) is 18.4 Å². The van der Waals surface area contributed by atoms with Crippen molar-refractivity contribution in [3.8, 4) is 11.5 Å². The summed E-state index contributed by atoms with van der Waals surface area (Å²) in [6, 6.07) is 7.71. The van der Waals surface area contributed by atoms with Gasteiger partial charge >= 0.3 is 142 Å². The Kier molecular flexibility index (Phi) is 5.33. The second-order valence-corrected chi connectivity index (χ2v) is 9.45. The number of hydrogen-bond acceptors (Lipinski definition) is 3. The van der Waals surface area contributed by atoms with Crippen LogP contribution < -0.4 is 5.32 Å².